The lowest BCUT2D eigenvalue weighted by Gasteiger charge is -2.04. The minimum Gasteiger partial charge on any atom is -0.710 e. The van der Waals surface area contributed by atoms with Crippen LogP contribution in [0, 0.1) is 15.3 Å². The van der Waals surface area contributed by atoms with Crippen LogP contribution in [-0.2, 0) is 13.2 Å². The highest BCUT2D eigenvalue weighted by Gasteiger charge is 2.41. The van der Waals surface area contributed by atoms with Crippen LogP contribution in [0.1, 0.15) is 5.82 Å². The van der Waals surface area contributed by atoms with Crippen molar-refractivity contribution >= 4 is 16.9 Å². The molecular formula is C8H5F3N4O3. The lowest BCUT2D eigenvalue weighted by Crippen LogP contribution is -2.29. The first-order valence-corrected chi connectivity index (χ1v) is 4.53. The molecule has 0 aromatic carbocycles. The van der Waals surface area contributed by atoms with Crippen LogP contribution in [0.3, 0.4) is 0 Å². The molecule has 7 nitrogen and oxygen atoms in total. The first kappa shape index (κ1) is 12.1. The average molecular weight is 262 g/mol. The van der Waals surface area contributed by atoms with E-state index in [4.69, 9.17) is 0 Å². The van der Waals surface area contributed by atoms with Crippen LogP contribution in [0.25, 0.3) is 11.2 Å². The second-order valence-electron chi connectivity index (χ2n) is 3.48. The van der Waals surface area contributed by atoms with Crippen LogP contribution >= 0.6 is 0 Å². The fourth-order valence-electron chi connectivity index (χ4n) is 1.58. The van der Waals surface area contributed by atoms with E-state index < -0.39 is 28.3 Å². The van der Waals surface area contributed by atoms with E-state index in [-0.39, 0.29) is 10.2 Å². The number of nitrogens with zero attached hydrogens (tertiary/aromatic N) is 4. The first-order valence-electron chi connectivity index (χ1n) is 4.53. The fourth-order valence-corrected chi connectivity index (χ4v) is 1.58. The lowest BCUT2D eigenvalue weighted by molar-refractivity contribution is -0.585. The highest BCUT2D eigenvalue weighted by atomic mass is 19.4. The van der Waals surface area contributed by atoms with Crippen LogP contribution in [-0.4, -0.2) is 14.5 Å². The van der Waals surface area contributed by atoms with Crippen LogP contribution in [0.4, 0.5) is 18.9 Å². The van der Waals surface area contributed by atoms with Gasteiger partial charge in [0.25, 0.3) is 0 Å². The maximum absolute atomic E-state index is 12.5. The molecule has 18 heavy (non-hydrogen) atoms. The fraction of sp³-hybridized carbons (Fsp3) is 0.250. The molecule has 0 aliphatic carbocycles. The summed E-state index contributed by atoms with van der Waals surface area (Å²) in [5.74, 6) is -1.29. The van der Waals surface area contributed by atoms with Crippen molar-refractivity contribution in [3.63, 3.8) is 0 Å². The topological polar surface area (TPSA) is 87.9 Å². The lowest BCUT2D eigenvalue weighted by atomic mass is 10.4. The Kier molecular flexibility index (Phi) is 2.38. The number of rotatable bonds is 1. The summed E-state index contributed by atoms with van der Waals surface area (Å²) in [4.78, 5) is 12.8. The Hall–Kier alpha value is -2.39. The molecule has 96 valence electrons. The molecule has 0 unspecified atom stereocenters. The predicted octanol–water partition coefficient (Wildman–Crippen LogP) is 1.13. The van der Waals surface area contributed by atoms with E-state index in [0.717, 1.165) is 13.1 Å². The van der Waals surface area contributed by atoms with Crippen molar-refractivity contribution in [3.05, 3.63) is 33.4 Å². The molecule has 0 aliphatic heterocycles. The molecule has 0 saturated carbocycles. The molecular weight excluding hydrogens is 257 g/mol. The van der Waals surface area contributed by atoms with Gasteiger partial charge in [0.1, 0.15) is 0 Å². The van der Waals surface area contributed by atoms with Crippen LogP contribution in [0.2, 0.25) is 0 Å². The van der Waals surface area contributed by atoms with Gasteiger partial charge in [0.2, 0.25) is 0 Å². The molecule has 10 heteroatoms. The van der Waals surface area contributed by atoms with Gasteiger partial charge in [-0.15, -0.1) is 0 Å². The normalized spacial score (nSPS) is 12.0. The minimum atomic E-state index is -4.74. The highest BCUT2D eigenvalue weighted by molar-refractivity contribution is 5.70. The van der Waals surface area contributed by atoms with E-state index in [9.17, 15) is 28.5 Å². The number of aromatic nitrogens is 3. The van der Waals surface area contributed by atoms with Gasteiger partial charge in [-0.05, 0) is 0 Å². The number of halogens is 3. The van der Waals surface area contributed by atoms with E-state index >= 15 is 0 Å². The monoisotopic (exact) mass is 262 g/mol. The molecule has 0 fully saturated rings. The summed E-state index contributed by atoms with van der Waals surface area (Å²) < 4.78 is 38.2. The van der Waals surface area contributed by atoms with Gasteiger partial charge in [-0.2, -0.15) is 18.2 Å². The Bertz CT molecular complexity index is 649. The van der Waals surface area contributed by atoms with E-state index in [2.05, 4.69) is 4.98 Å². The zero-order valence-electron chi connectivity index (χ0n) is 8.80. The van der Waals surface area contributed by atoms with E-state index in [1.165, 1.54) is 0 Å². The second-order valence-corrected chi connectivity index (χ2v) is 3.48. The Morgan fingerprint density at radius 2 is 2.11 bits per heavy atom. The quantitative estimate of drug-likeness (QED) is 0.333. The Labute approximate surface area is 96.8 Å². The van der Waals surface area contributed by atoms with Gasteiger partial charge in [-0.1, -0.05) is 0 Å². The summed E-state index contributed by atoms with van der Waals surface area (Å²) in [7, 11) is 1.01. The molecule has 0 saturated heterocycles. The number of alkyl halides is 3. The zero-order chi connectivity index (χ0) is 13.7. The molecule has 0 radical (unpaired) electrons. The predicted molar refractivity (Wildman–Crippen MR) is 51.3 cm³/mol. The molecule has 0 aliphatic rings. The largest absolute Gasteiger partial charge is 0.710 e. The van der Waals surface area contributed by atoms with Crippen molar-refractivity contribution < 1.29 is 22.8 Å². The van der Waals surface area contributed by atoms with Gasteiger partial charge in [-0.3, -0.25) is 10.1 Å². The van der Waals surface area contributed by atoms with Crippen molar-refractivity contribution in [2.75, 3.05) is 0 Å². The smallest absolute Gasteiger partial charge is 0.473 e. The van der Waals surface area contributed by atoms with Crippen molar-refractivity contribution in [2.24, 2.45) is 7.05 Å². The standard InChI is InChI=1S/C8H5F3N4O3/c1-13-6-5(12-7(13)8(9,10)11)2-4(15(17)18)3-14(6)16/h2-3H,1H3. The van der Waals surface area contributed by atoms with Crippen molar-refractivity contribution in [2.45, 2.75) is 6.18 Å². The Balaban J connectivity index is 2.80. The van der Waals surface area contributed by atoms with E-state index in [0.29, 0.717) is 10.8 Å². The van der Waals surface area contributed by atoms with E-state index in [1.807, 2.05) is 0 Å². The minimum absolute atomic E-state index is 0.00426. The number of aryl methyl sites for hydroxylation is 1. The summed E-state index contributed by atoms with van der Waals surface area (Å²) in [6.45, 7) is 0. The summed E-state index contributed by atoms with van der Waals surface area (Å²) in [6.07, 6.45) is -4.15. The molecule has 2 rings (SSSR count). The maximum atomic E-state index is 12.5. The van der Waals surface area contributed by atoms with Crippen LogP contribution in [0.5, 0.6) is 0 Å². The number of hydrogen-bond acceptors (Lipinski definition) is 4. The zero-order valence-corrected chi connectivity index (χ0v) is 8.80. The SMILES string of the molecule is Cn1c(C(F)(F)F)nc2cc([N+](=O)[O-])c[n+]([O-])c21. The summed E-state index contributed by atoms with van der Waals surface area (Å²) in [5, 5.41) is 21.9. The summed E-state index contributed by atoms with van der Waals surface area (Å²) >= 11 is 0. The van der Waals surface area contributed by atoms with Gasteiger partial charge >= 0.3 is 23.3 Å². The Morgan fingerprint density at radius 1 is 1.50 bits per heavy atom. The van der Waals surface area contributed by atoms with Gasteiger partial charge < -0.3 is 5.21 Å². The van der Waals surface area contributed by atoms with E-state index in [1.54, 1.807) is 0 Å². The average Bonchev–Trinajstić information content (AvgIpc) is 2.55. The van der Waals surface area contributed by atoms with Crippen LogP contribution < -0.4 is 4.73 Å². The number of hydrogen-bond donors (Lipinski definition) is 0. The third-order valence-corrected chi connectivity index (χ3v) is 2.30. The van der Waals surface area contributed by atoms with Gasteiger partial charge in [0, 0.05) is 0 Å². The van der Waals surface area contributed by atoms with Gasteiger partial charge in [0.05, 0.1) is 18.0 Å². The molecule has 0 amide bonds. The second kappa shape index (κ2) is 3.55. The van der Waals surface area contributed by atoms with Crippen molar-refractivity contribution in [3.8, 4) is 0 Å². The third kappa shape index (κ3) is 1.71. The van der Waals surface area contributed by atoms with Crippen molar-refractivity contribution in [1.82, 2.24) is 9.55 Å². The number of nitro groups is 1. The molecule has 2 aromatic heterocycles. The molecule has 0 N–H and O–H groups in total. The molecule has 0 atom stereocenters. The first-order chi connectivity index (χ1) is 8.21. The van der Waals surface area contributed by atoms with Crippen molar-refractivity contribution in [1.29, 1.82) is 0 Å². The highest BCUT2D eigenvalue weighted by Crippen LogP contribution is 2.30. The van der Waals surface area contributed by atoms with Gasteiger partial charge in [-0.25, -0.2) is 9.30 Å². The van der Waals surface area contributed by atoms with Gasteiger partial charge in [0.15, 0.2) is 11.7 Å². The Morgan fingerprint density at radius 3 is 2.61 bits per heavy atom. The third-order valence-electron chi connectivity index (χ3n) is 2.30. The number of imidazole rings is 1. The molecule has 0 bridgehead atoms. The molecule has 0 spiro atoms. The molecule has 2 heterocycles. The van der Waals surface area contributed by atoms with Crippen LogP contribution in [0.15, 0.2) is 12.3 Å². The summed E-state index contributed by atoms with van der Waals surface area (Å²) in [6, 6.07) is 0.818. The molecule has 2 aromatic rings. The number of pyridine rings is 1. The summed E-state index contributed by atoms with van der Waals surface area (Å²) in [5.41, 5.74) is -1.40. The number of fused-ring (bicyclic) bond motifs is 1. The maximum Gasteiger partial charge on any atom is 0.473 e.